The van der Waals surface area contributed by atoms with Crippen molar-refractivity contribution < 1.29 is 4.74 Å². The number of ether oxygens (including phenoxy) is 1. The highest BCUT2D eigenvalue weighted by Crippen LogP contribution is 2.20. The molecule has 0 aliphatic heterocycles. The van der Waals surface area contributed by atoms with E-state index in [1.807, 2.05) is 60.0 Å². The normalized spacial score (nSPS) is 10.5. The molecular weight excluding hydrogens is 260 g/mol. The maximum Gasteiger partial charge on any atom is 0.148 e. The van der Waals surface area contributed by atoms with Crippen molar-refractivity contribution in [3.05, 3.63) is 59.9 Å². The summed E-state index contributed by atoms with van der Waals surface area (Å²) in [6.07, 6.45) is 5.47. The molecular formula is C18H16N2O. The molecule has 0 saturated carbocycles. The van der Waals surface area contributed by atoms with Crippen LogP contribution in [0.15, 0.2) is 48.5 Å². The minimum atomic E-state index is 0.404. The van der Waals surface area contributed by atoms with Crippen molar-refractivity contribution >= 4 is 11.0 Å². The maximum atomic E-state index is 5.89. The van der Waals surface area contributed by atoms with Crippen LogP contribution < -0.4 is 4.74 Å². The molecule has 0 N–H and O–H groups in total. The van der Waals surface area contributed by atoms with E-state index in [0.717, 1.165) is 28.2 Å². The van der Waals surface area contributed by atoms with Gasteiger partial charge >= 0.3 is 0 Å². The molecule has 2 aromatic carbocycles. The summed E-state index contributed by atoms with van der Waals surface area (Å²) in [5.74, 6) is 4.40. The van der Waals surface area contributed by atoms with Crippen LogP contribution in [0.2, 0.25) is 0 Å². The Morgan fingerprint density at radius 3 is 2.71 bits per heavy atom. The summed E-state index contributed by atoms with van der Waals surface area (Å²) in [7, 11) is 0. The Kier molecular flexibility index (Phi) is 3.61. The summed E-state index contributed by atoms with van der Waals surface area (Å²) >= 11 is 0. The molecule has 3 nitrogen and oxygen atoms in total. The summed E-state index contributed by atoms with van der Waals surface area (Å²) in [6, 6.07) is 15.9. The smallest absolute Gasteiger partial charge is 0.148 e. The van der Waals surface area contributed by atoms with Crippen LogP contribution in [0.3, 0.4) is 0 Å². The van der Waals surface area contributed by atoms with Crippen LogP contribution in [0.25, 0.3) is 11.0 Å². The van der Waals surface area contributed by atoms with Crippen LogP contribution in [0.1, 0.15) is 11.4 Å². The fraction of sp³-hybridized carbons (Fsp3) is 0.167. The van der Waals surface area contributed by atoms with E-state index in [9.17, 15) is 0 Å². The lowest BCUT2D eigenvalue weighted by Crippen LogP contribution is -2.07. The second kappa shape index (κ2) is 5.72. The summed E-state index contributed by atoms with van der Waals surface area (Å²) in [5, 5.41) is 0. The molecule has 0 spiro atoms. The van der Waals surface area contributed by atoms with E-state index < -0.39 is 0 Å². The number of aryl methyl sites for hydroxylation is 1. The Morgan fingerprint density at radius 2 is 1.90 bits per heavy atom. The molecule has 0 fully saturated rings. The first-order chi connectivity index (χ1) is 10.3. The lowest BCUT2D eigenvalue weighted by molar-refractivity contribution is 0.290. The van der Waals surface area contributed by atoms with Gasteiger partial charge in [-0.25, -0.2) is 4.98 Å². The van der Waals surface area contributed by atoms with Crippen molar-refractivity contribution in [3.8, 4) is 18.1 Å². The predicted molar refractivity (Wildman–Crippen MR) is 84.1 cm³/mol. The van der Waals surface area contributed by atoms with Gasteiger partial charge in [-0.3, -0.25) is 0 Å². The molecule has 0 bridgehead atoms. The van der Waals surface area contributed by atoms with Crippen LogP contribution >= 0.6 is 0 Å². The minimum Gasteiger partial charge on any atom is -0.485 e. The average molecular weight is 276 g/mol. The SMILES string of the molecule is C#CCn1c(COc2ccccc2C)nc2ccccc21. The van der Waals surface area contributed by atoms with Gasteiger partial charge in [0, 0.05) is 0 Å². The van der Waals surface area contributed by atoms with Crippen LogP contribution in [-0.4, -0.2) is 9.55 Å². The Labute approximate surface area is 124 Å². The Morgan fingerprint density at radius 1 is 1.14 bits per heavy atom. The highest BCUT2D eigenvalue weighted by Gasteiger charge is 2.10. The molecule has 3 aromatic rings. The second-order valence-corrected chi connectivity index (χ2v) is 4.86. The molecule has 0 saturated heterocycles. The predicted octanol–water partition coefficient (Wildman–Crippen LogP) is 3.56. The first kappa shape index (κ1) is 13.3. The van der Waals surface area contributed by atoms with E-state index in [-0.39, 0.29) is 0 Å². The summed E-state index contributed by atoms with van der Waals surface area (Å²) < 4.78 is 7.91. The molecule has 0 aliphatic carbocycles. The van der Waals surface area contributed by atoms with Gasteiger partial charge < -0.3 is 9.30 Å². The Hall–Kier alpha value is -2.73. The number of hydrogen-bond donors (Lipinski definition) is 0. The van der Waals surface area contributed by atoms with Gasteiger partial charge in [0.25, 0.3) is 0 Å². The molecule has 0 aliphatic rings. The first-order valence-corrected chi connectivity index (χ1v) is 6.85. The highest BCUT2D eigenvalue weighted by molar-refractivity contribution is 5.76. The van der Waals surface area contributed by atoms with Crippen molar-refractivity contribution in [2.45, 2.75) is 20.1 Å². The number of nitrogens with zero attached hydrogens (tertiary/aromatic N) is 2. The summed E-state index contributed by atoms with van der Waals surface area (Å²) in [6.45, 7) is 2.92. The van der Waals surface area contributed by atoms with E-state index in [2.05, 4.69) is 10.9 Å². The maximum absolute atomic E-state index is 5.89. The number of para-hydroxylation sites is 3. The third-order valence-electron chi connectivity index (χ3n) is 3.43. The number of imidazole rings is 1. The molecule has 3 heteroatoms. The molecule has 104 valence electrons. The van der Waals surface area contributed by atoms with E-state index in [1.54, 1.807) is 0 Å². The minimum absolute atomic E-state index is 0.404. The molecule has 1 heterocycles. The van der Waals surface area contributed by atoms with Crippen molar-refractivity contribution in [1.82, 2.24) is 9.55 Å². The zero-order chi connectivity index (χ0) is 14.7. The summed E-state index contributed by atoms with van der Waals surface area (Å²) in [5.41, 5.74) is 3.09. The van der Waals surface area contributed by atoms with Crippen molar-refractivity contribution in [3.63, 3.8) is 0 Å². The average Bonchev–Trinajstić information content (AvgIpc) is 2.85. The van der Waals surface area contributed by atoms with Crippen molar-refractivity contribution in [2.75, 3.05) is 0 Å². The van der Waals surface area contributed by atoms with Gasteiger partial charge in [0.15, 0.2) is 0 Å². The molecule has 21 heavy (non-hydrogen) atoms. The van der Waals surface area contributed by atoms with E-state index in [0.29, 0.717) is 13.2 Å². The fourth-order valence-corrected chi connectivity index (χ4v) is 2.36. The zero-order valence-electron chi connectivity index (χ0n) is 11.9. The molecule has 3 rings (SSSR count). The fourth-order valence-electron chi connectivity index (χ4n) is 2.36. The molecule has 0 unspecified atom stereocenters. The molecule has 0 atom stereocenters. The number of fused-ring (bicyclic) bond motifs is 1. The molecule has 1 aromatic heterocycles. The van der Waals surface area contributed by atoms with Crippen LogP contribution in [0.5, 0.6) is 5.75 Å². The monoisotopic (exact) mass is 276 g/mol. The largest absolute Gasteiger partial charge is 0.485 e. The topological polar surface area (TPSA) is 27.1 Å². The van der Waals surface area contributed by atoms with E-state index >= 15 is 0 Å². The van der Waals surface area contributed by atoms with Crippen molar-refractivity contribution in [2.24, 2.45) is 0 Å². The number of hydrogen-bond acceptors (Lipinski definition) is 2. The summed E-state index contributed by atoms with van der Waals surface area (Å²) in [4.78, 5) is 4.62. The quantitative estimate of drug-likeness (QED) is 0.681. The van der Waals surface area contributed by atoms with Gasteiger partial charge in [-0.1, -0.05) is 36.3 Å². The van der Waals surface area contributed by atoms with E-state index in [4.69, 9.17) is 11.2 Å². The van der Waals surface area contributed by atoms with Gasteiger partial charge in [0.1, 0.15) is 18.2 Å². The number of aromatic nitrogens is 2. The first-order valence-electron chi connectivity index (χ1n) is 6.85. The van der Waals surface area contributed by atoms with Gasteiger partial charge in [0.05, 0.1) is 17.6 Å². The van der Waals surface area contributed by atoms with Crippen LogP contribution in [-0.2, 0) is 13.2 Å². The lowest BCUT2D eigenvalue weighted by atomic mass is 10.2. The van der Waals surface area contributed by atoms with Crippen LogP contribution in [0.4, 0.5) is 0 Å². The second-order valence-electron chi connectivity index (χ2n) is 4.86. The van der Waals surface area contributed by atoms with Gasteiger partial charge in [-0.05, 0) is 30.7 Å². The zero-order valence-corrected chi connectivity index (χ0v) is 11.9. The Bertz CT molecular complexity index is 811. The highest BCUT2D eigenvalue weighted by atomic mass is 16.5. The molecule has 0 amide bonds. The number of benzene rings is 2. The third kappa shape index (κ3) is 2.61. The van der Waals surface area contributed by atoms with Crippen molar-refractivity contribution in [1.29, 1.82) is 0 Å². The van der Waals surface area contributed by atoms with Crippen LogP contribution in [0, 0.1) is 19.3 Å². The van der Waals surface area contributed by atoms with Gasteiger partial charge in [0.2, 0.25) is 0 Å². The van der Waals surface area contributed by atoms with E-state index in [1.165, 1.54) is 0 Å². The number of rotatable bonds is 4. The Balaban J connectivity index is 1.92. The third-order valence-corrected chi connectivity index (χ3v) is 3.43. The lowest BCUT2D eigenvalue weighted by Gasteiger charge is -2.09. The number of terminal acetylenes is 1. The van der Waals surface area contributed by atoms with Gasteiger partial charge in [-0.15, -0.1) is 6.42 Å². The standard InChI is InChI=1S/C18H16N2O/c1-3-12-20-16-10-6-5-9-15(16)19-18(20)13-21-17-11-7-4-8-14(17)2/h1,4-11H,12-13H2,2H3. The van der Waals surface area contributed by atoms with Gasteiger partial charge in [-0.2, -0.15) is 0 Å². The molecule has 0 radical (unpaired) electrons.